The second-order valence-electron chi connectivity index (χ2n) is 4.97. The molecule has 7 heteroatoms. The first kappa shape index (κ1) is 17.6. The first-order valence-corrected chi connectivity index (χ1v) is 7.25. The van der Waals surface area contributed by atoms with E-state index >= 15 is 0 Å². The summed E-state index contributed by atoms with van der Waals surface area (Å²) < 4.78 is 0. The van der Waals surface area contributed by atoms with Gasteiger partial charge in [-0.1, -0.05) is 25.3 Å². The number of carbonyl (C=O) groups is 2. The maximum absolute atomic E-state index is 11.8. The summed E-state index contributed by atoms with van der Waals surface area (Å²) in [6.07, 6.45) is 4.38. The predicted octanol–water partition coefficient (Wildman–Crippen LogP) is 2.75. The van der Waals surface area contributed by atoms with Crippen LogP contribution in [0.3, 0.4) is 0 Å². The Morgan fingerprint density at radius 3 is 2.50 bits per heavy atom. The lowest BCUT2D eigenvalue weighted by Gasteiger charge is -2.05. The Labute approximate surface area is 128 Å². The second-order valence-corrected chi connectivity index (χ2v) is 4.97. The number of unbranched alkanes of at least 4 members (excludes halogenated alkanes) is 4. The number of nitro groups is 1. The summed E-state index contributed by atoms with van der Waals surface area (Å²) in [4.78, 5) is 32.3. The molecule has 1 aromatic carbocycles. The number of carbonyl (C=O) groups excluding carboxylic acids is 1. The second kappa shape index (κ2) is 9.49. The van der Waals surface area contributed by atoms with Crippen LogP contribution in [-0.4, -0.2) is 28.5 Å². The topological polar surface area (TPSA) is 110 Å². The number of aliphatic carboxylic acids is 1. The first-order valence-electron chi connectivity index (χ1n) is 7.25. The van der Waals surface area contributed by atoms with Crippen molar-refractivity contribution < 1.29 is 19.6 Å². The molecule has 0 aliphatic rings. The Morgan fingerprint density at radius 1 is 1.14 bits per heavy atom. The molecule has 0 aliphatic carbocycles. The summed E-state index contributed by atoms with van der Waals surface area (Å²) in [6.45, 7) is 0.500. The number of benzene rings is 1. The van der Waals surface area contributed by atoms with Crippen LogP contribution in [-0.2, 0) is 4.79 Å². The van der Waals surface area contributed by atoms with Gasteiger partial charge in [0.2, 0.25) is 0 Å². The molecule has 7 nitrogen and oxygen atoms in total. The number of hydrogen-bond donors (Lipinski definition) is 2. The van der Waals surface area contributed by atoms with Gasteiger partial charge in [-0.05, 0) is 18.9 Å². The van der Waals surface area contributed by atoms with E-state index in [9.17, 15) is 19.7 Å². The van der Waals surface area contributed by atoms with Crippen molar-refractivity contribution in [1.82, 2.24) is 5.32 Å². The molecule has 1 rings (SSSR count). The molecule has 0 heterocycles. The van der Waals surface area contributed by atoms with Gasteiger partial charge in [-0.15, -0.1) is 0 Å². The molecule has 0 fully saturated rings. The molecule has 1 amide bonds. The highest BCUT2D eigenvalue weighted by atomic mass is 16.6. The predicted molar refractivity (Wildman–Crippen MR) is 80.8 cm³/mol. The molecule has 120 valence electrons. The lowest BCUT2D eigenvalue weighted by Crippen LogP contribution is -2.24. The Balaban J connectivity index is 2.19. The molecule has 1 aromatic rings. The third-order valence-corrected chi connectivity index (χ3v) is 3.17. The van der Waals surface area contributed by atoms with Crippen LogP contribution in [0.15, 0.2) is 24.3 Å². The minimum absolute atomic E-state index is 0.105. The Kier molecular flexibility index (Phi) is 7.60. The summed E-state index contributed by atoms with van der Waals surface area (Å²) in [5, 5.41) is 21.8. The number of nitrogens with zero attached hydrogens (tertiary/aromatic N) is 1. The first-order chi connectivity index (χ1) is 10.5. The van der Waals surface area contributed by atoms with E-state index in [1.807, 2.05) is 0 Å². The van der Waals surface area contributed by atoms with Gasteiger partial charge in [-0.2, -0.15) is 0 Å². The molecule has 0 radical (unpaired) electrons. The number of carboxylic acid groups (broad SMARTS) is 1. The monoisotopic (exact) mass is 308 g/mol. The zero-order chi connectivity index (χ0) is 16.4. The summed E-state index contributed by atoms with van der Waals surface area (Å²) in [5.74, 6) is -1.10. The molecule has 0 saturated heterocycles. The minimum atomic E-state index is -0.774. The van der Waals surface area contributed by atoms with E-state index in [0.717, 1.165) is 25.7 Å². The van der Waals surface area contributed by atoms with Crippen LogP contribution in [0, 0.1) is 10.1 Å². The van der Waals surface area contributed by atoms with E-state index in [4.69, 9.17) is 5.11 Å². The average Bonchev–Trinajstić information content (AvgIpc) is 2.49. The van der Waals surface area contributed by atoms with Crippen LogP contribution in [0.1, 0.15) is 48.9 Å². The summed E-state index contributed by atoms with van der Waals surface area (Å²) in [6, 6.07) is 5.61. The van der Waals surface area contributed by atoms with Gasteiger partial charge in [-0.25, -0.2) is 0 Å². The van der Waals surface area contributed by atoms with Gasteiger partial charge in [0.05, 0.1) is 4.92 Å². The Morgan fingerprint density at radius 2 is 1.82 bits per heavy atom. The van der Waals surface area contributed by atoms with Crippen LogP contribution in [0.25, 0.3) is 0 Å². The number of nitrogens with one attached hydrogen (secondary N) is 1. The largest absolute Gasteiger partial charge is 0.481 e. The lowest BCUT2D eigenvalue weighted by molar-refractivity contribution is -0.384. The number of nitro benzene ring substituents is 1. The number of non-ortho nitro benzene ring substituents is 1. The van der Waals surface area contributed by atoms with E-state index in [1.54, 1.807) is 0 Å². The van der Waals surface area contributed by atoms with Crippen LogP contribution < -0.4 is 5.32 Å². The zero-order valence-corrected chi connectivity index (χ0v) is 12.3. The van der Waals surface area contributed by atoms with Gasteiger partial charge in [0.15, 0.2) is 0 Å². The minimum Gasteiger partial charge on any atom is -0.481 e. The highest BCUT2D eigenvalue weighted by Gasteiger charge is 2.10. The van der Waals surface area contributed by atoms with Crippen LogP contribution in [0.2, 0.25) is 0 Å². The third-order valence-electron chi connectivity index (χ3n) is 3.17. The summed E-state index contributed by atoms with van der Waals surface area (Å²) in [5.41, 5.74) is 0.168. The van der Waals surface area contributed by atoms with E-state index in [1.165, 1.54) is 24.3 Å². The SMILES string of the molecule is O=C(O)CCCCCCCNC(=O)c1cccc([N+](=O)[O-])c1. The van der Waals surface area contributed by atoms with E-state index in [-0.39, 0.29) is 23.6 Å². The molecular formula is C15H20N2O5. The van der Waals surface area contributed by atoms with Gasteiger partial charge >= 0.3 is 5.97 Å². The van der Waals surface area contributed by atoms with Crippen molar-refractivity contribution >= 4 is 17.6 Å². The number of hydrogen-bond acceptors (Lipinski definition) is 4. The van der Waals surface area contributed by atoms with Crippen molar-refractivity contribution in [1.29, 1.82) is 0 Å². The number of rotatable bonds is 10. The quantitative estimate of drug-likeness (QED) is 0.392. The van der Waals surface area contributed by atoms with Crippen LogP contribution in [0.4, 0.5) is 5.69 Å². The van der Waals surface area contributed by atoms with E-state index in [2.05, 4.69) is 5.32 Å². The van der Waals surface area contributed by atoms with Gasteiger partial charge in [0, 0.05) is 30.7 Å². The molecule has 0 aromatic heterocycles. The molecule has 0 saturated carbocycles. The van der Waals surface area contributed by atoms with Gasteiger partial charge in [-0.3, -0.25) is 19.7 Å². The average molecular weight is 308 g/mol. The zero-order valence-electron chi connectivity index (χ0n) is 12.3. The summed E-state index contributed by atoms with van der Waals surface area (Å²) >= 11 is 0. The third kappa shape index (κ3) is 6.83. The fraction of sp³-hybridized carbons (Fsp3) is 0.467. The lowest BCUT2D eigenvalue weighted by atomic mass is 10.1. The Hall–Kier alpha value is -2.44. The highest BCUT2D eigenvalue weighted by molar-refractivity contribution is 5.94. The van der Waals surface area contributed by atoms with Crippen molar-refractivity contribution in [2.24, 2.45) is 0 Å². The van der Waals surface area contributed by atoms with Crippen molar-refractivity contribution in [3.63, 3.8) is 0 Å². The molecule has 0 aliphatic heterocycles. The maximum atomic E-state index is 11.8. The number of amides is 1. The van der Waals surface area contributed by atoms with Crippen molar-refractivity contribution in [3.05, 3.63) is 39.9 Å². The molecule has 2 N–H and O–H groups in total. The molecule has 0 atom stereocenters. The molecule has 0 spiro atoms. The van der Waals surface area contributed by atoms with Crippen LogP contribution in [0.5, 0.6) is 0 Å². The standard InChI is InChI=1S/C15H20N2O5/c18-14(19)9-4-2-1-3-5-10-16-15(20)12-7-6-8-13(11-12)17(21)22/h6-8,11H,1-5,9-10H2,(H,16,20)(H,18,19). The number of carboxylic acids is 1. The smallest absolute Gasteiger partial charge is 0.303 e. The molecule has 22 heavy (non-hydrogen) atoms. The van der Waals surface area contributed by atoms with Gasteiger partial charge < -0.3 is 10.4 Å². The molecular weight excluding hydrogens is 288 g/mol. The Bertz CT molecular complexity index is 530. The summed E-state index contributed by atoms with van der Waals surface area (Å²) in [7, 11) is 0. The van der Waals surface area contributed by atoms with Crippen LogP contribution >= 0.6 is 0 Å². The van der Waals surface area contributed by atoms with E-state index < -0.39 is 10.9 Å². The molecule has 0 bridgehead atoms. The van der Waals surface area contributed by atoms with Gasteiger partial charge in [0.1, 0.15) is 0 Å². The fourth-order valence-corrected chi connectivity index (χ4v) is 2.00. The highest BCUT2D eigenvalue weighted by Crippen LogP contribution is 2.13. The van der Waals surface area contributed by atoms with Crippen molar-refractivity contribution in [2.45, 2.75) is 38.5 Å². The van der Waals surface area contributed by atoms with Gasteiger partial charge in [0.25, 0.3) is 11.6 Å². The normalized spacial score (nSPS) is 10.2. The molecule has 0 unspecified atom stereocenters. The van der Waals surface area contributed by atoms with Crippen molar-refractivity contribution in [2.75, 3.05) is 6.54 Å². The van der Waals surface area contributed by atoms with Crippen molar-refractivity contribution in [3.8, 4) is 0 Å². The van der Waals surface area contributed by atoms with E-state index in [0.29, 0.717) is 13.0 Å². The fourth-order valence-electron chi connectivity index (χ4n) is 2.00. The maximum Gasteiger partial charge on any atom is 0.303 e.